The Bertz CT molecular complexity index is 1460. The second-order valence-corrected chi connectivity index (χ2v) is 17.1. The fourth-order valence-electron chi connectivity index (χ4n) is 5.78. The van der Waals surface area contributed by atoms with Crippen LogP contribution in [-0.4, -0.2) is 5.54 Å². The summed E-state index contributed by atoms with van der Waals surface area (Å²) in [6, 6.07) is 67.2. The molecule has 0 amide bonds. The molecule has 0 atom stereocenters. The molecule has 0 aliphatic rings. The molecule has 0 aromatic heterocycles. The molecule has 0 spiro atoms. The quantitative estimate of drug-likeness (QED) is 0.205. The Kier molecular flexibility index (Phi) is 7.42. The molecule has 0 heterocycles. The van der Waals surface area contributed by atoms with Crippen molar-refractivity contribution in [3.63, 3.8) is 0 Å². The van der Waals surface area contributed by atoms with Gasteiger partial charge in [-0.05, 0) is 0 Å². The van der Waals surface area contributed by atoms with Crippen molar-refractivity contribution in [2.75, 3.05) is 0 Å². The van der Waals surface area contributed by atoms with E-state index in [1.165, 1.54) is 31.8 Å². The van der Waals surface area contributed by atoms with E-state index in [-0.39, 0.29) is 0 Å². The third-order valence-electron chi connectivity index (χ3n) is 7.57. The summed E-state index contributed by atoms with van der Waals surface area (Å²) in [6.07, 6.45) is 0. The summed E-state index contributed by atoms with van der Waals surface area (Å²) in [5, 5.41) is 8.32. The van der Waals surface area contributed by atoms with Crippen LogP contribution < -0.4 is 31.8 Å². The van der Waals surface area contributed by atoms with Gasteiger partial charge in [0, 0.05) is 0 Å². The monoisotopic (exact) mass is 538 g/mol. The zero-order valence-electron chi connectivity index (χ0n) is 21.8. The van der Waals surface area contributed by atoms with E-state index in [0.717, 1.165) is 0 Å². The van der Waals surface area contributed by atoms with Crippen LogP contribution in [-0.2, 0) is 0 Å². The Morgan fingerprint density at radius 3 is 0.795 bits per heavy atom. The van der Waals surface area contributed by atoms with Crippen LogP contribution in [0, 0.1) is 0 Å². The van der Waals surface area contributed by atoms with E-state index >= 15 is 0 Å². The Hall–Kier alpha value is -3.95. The van der Waals surface area contributed by atoms with E-state index in [2.05, 4.69) is 188 Å². The van der Waals surface area contributed by atoms with Crippen LogP contribution in [0.4, 0.5) is 0 Å². The summed E-state index contributed by atoms with van der Waals surface area (Å²) in [5.41, 5.74) is 2.85. The van der Waals surface area contributed by atoms with Crippen LogP contribution in [0.15, 0.2) is 182 Å². The molecule has 0 fully saturated rings. The molecule has 0 unspecified atom stereocenters. The molecule has 0 N–H and O–H groups in total. The number of rotatable bonds is 7. The zero-order valence-corrected chi connectivity index (χ0v) is 23.7. The van der Waals surface area contributed by atoms with Crippen molar-refractivity contribution in [1.29, 1.82) is 0 Å². The van der Waals surface area contributed by atoms with Crippen LogP contribution in [0.1, 0.15) is 0 Å². The molecule has 2 heteroatoms. The van der Waals surface area contributed by atoms with Gasteiger partial charge >= 0.3 is 234 Å². The number of hydrogen-bond donors (Lipinski definition) is 0. The van der Waals surface area contributed by atoms with Gasteiger partial charge in [0.25, 0.3) is 0 Å². The van der Waals surface area contributed by atoms with Crippen molar-refractivity contribution in [1.82, 2.24) is 0 Å². The minimum atomic E-state index is -2.68. The van der Waals surface area contributed by atoms with Crippen molar-refractivity contribution in [2.45, 2.75) is 0 Å². The van der Waals surface area contributed by atoms with Crippen molar-refractivity contribution in [2.24, 2.45) is 0 Å². The average molecular weight is 539 g/mol. The van der Waals surface area contributed by atoms with Gasteiger partial charge in [0.1, 0.15) is 0 Å². The summed E-state index contributed by atoms with van der Waals surface area (Å²) in [5.74, 6) is 0. The van der Waals surface area contributed by atoms with Crippen molar-refractivity contribution < 1.29 is 0 Å². The molecular formula is C37H32P2. The molecule has 0 radical (unpaired) electrons. The van der Waals surface area contributed by atoms with E-state index in [0.29, 0.717) is 0 Å². The first-order valence-electron chi connectivity index (χ1n) is 13.4. The summed E-state index contributed by atoms with van der Waals surface area (Å²) >= 11 is 0. The molecule has 39 heavy (non-hydrogen) atoms. The summed E-state index contributed by atoms with van der Waals surface area (Å²) in [7, 11) is -2.68. The first-order valence-corrected chi connectivity index (χ1v) is 17.4. The standard InChI is InChI=1S/C37H32P2/c1-7-19-32(20-8-1)38(33-21-9-2-10-22-33,34-23-11-3-12-24-34)31-39(35-25-13-4-14-26-35,36-27-15-5-16-28-36)37-29-17-6-18-30-37/h1-31,38H. The van der Waals surface area contributed by atoms with Crippen LogP contribution in [0.25, 0.3) is 0 Å². The van der Waals surface area contributed by atoms with E-state index < -0.39 is 14.1 Å². The molecule has 190 valence electrons. The van der Waals surface area contributed by atoms with E-state index in [1.54, 1.807) is 0 Å². The number of hydrogen-bond acceptors (Lipinski definition) is 0. The van der Waals surface area contributed by atoms with E-state index in [9.17, 15) is 0 Å². The Morgan fingerprint density at radius 2 is 0.538 bits per heavy atom. The Labute approximate surface area is 233 Å². The summed E-state index contributed by atoms with van der Waals surface area (Å²) in [6.45, 7) is -2.23. The van der Waals surface area contributed by atoms with Crippen LogP contribution >= 0.6 is 14.1 Å². The van der Waals surface area contributed by atoms with Crippen molar-refractivity contribution in [3.8, 4) is 0 Å². The van der Waals surface area contributed by atoms with Gasteiger partial charge in [-0.15, -0.1) is 0 Å². The van der Waals surface area contributed by atoms with Gasteiger partial charge < -0.3 is 0 Å². The first-order chi connectivity index (χ1) is 19.3. The molecule has 0 nitrogen and oxygen atoms in total. The van der Waals surface area contributed by atoms with Crippen LogP contribution in [0.5, 0.6) is 0 Å². The predicted molar refractivity (Wildman–Crippen MR) is 178 cm³/mol. The van der Waals surface area contributed by atoms with E-state index in [1.807, 2.05) is 0 Å². The van der Waals surface area contributed by atoms with Gasteiger partial charge in [-0.2, -0.15) is 0 Å². The second-order valence-electron chi connectivity index (χ2n) is 9.76. The molecule has 6 aromatic carbocycles. The maximum absolute atomic E-state index is 2.85. The van der Waals surface area contributed by atoms with Gasteiger partial charge in [-0.1, -0.05) is 0 Å². The normalized spacial score (nSPS) is 12.0. The van der Waals surface area contributed by atoms with Gasteiger partial charge in [-0.3, -0.25) is 0 Å². The Balaban J connectivity index is 1.88. The van der Waals surface area contributed by atoms with Gasteiger partial charge in [-0.25, -0.2) is 0 Å². The minimum absolute atomic E-state index is 1.38. The molecule has 6 rings (SSSR count). The van der Waals surface area contributed by atoms with Gasteiger partial charge in [0.2, 0.25) is 0 Å². The summed E-state index contributed by atoms with van der Waals surface area (Å²) < 4.78 is 0. The number of benzene rings is 6. The predicted octanol–water partition coefficient (Wildman–Crippen LogP) is 6.47. The molecule has 0 aliphatic carbocycles. The fourth-order valence-corrected chi connectivity index (χ4v) is 17.7. The molecular weight excluding hydrogens is 506 g/mol. The average Bonchev–Trinajstić information content (AvgIpc) is 3.04. The van der Waals surface area contributed by atoms with Crippen LogP contribution in [0.3, 0.4) is 0 Å². The molecule has 0 aliphatic heterocycles. The Morgan fingerprint density at radius 1 is 0.308 bits per heavy atom. The van der Waals surface area contributed by atoms with Crippen LogP contribution in [0.2, 0.25) is 0 Å². The summed E-state index contributed by atoms with van der Waals surface area (Å²) in [4.78, 5) is 0. The SMILES string of the molecule is C(=P(c1ccccc1)(c1ccccc1)c1ccccc1)[PH](c1ccccc1)(c1ccccc1)c1ccccc1. The van der Waals surface area contributed by atoms with Crippen molar-refractivity contribution >= 4 is 51.5 Å². The molecule has 0 saturated carbocycles. The van der Waals surface area contributed by atoms with E-state index in [4.69, 9.17) is 0 Å². The molecule has 0 bridgehead atoms. The molecule has 6 aromatic rings. The maximum atomic E-state index is 2.85. The van der Waals surface area contributed by atoms with Gasteiger partial charge in [0.05, 0.1) is 0 Å². The van der Waals surface area contributed by atoms with Crippen molar-refractivity contribution in [3.05, 3.63) is 182 Å². The second kappa shape index (κ2) is 11.4. The third-order valence-corrected chi connectivity index (χ3v) is 17.7. The fraction of sp³-hybridized carbons (Fsp3) is 0. The third kappa shape index (κ3) is 4.72. The molecule has 0 saturated heterocycles. The topological polar surface area (TPSA) is 0 Å². The van der Waals surface area contributed by atoms with Gasteiger partial charge in [0.15, 0.2) is 0 Å². The zero-order chi connectivity index (χ0) is 26.4. The first kappa shape index (κ1) is 25.3.